The van der Waals surface area contributed by atoms with Gasteiger partial charge in [-0.25, -0.2) is 31.6 Å². The molecule has 1 aliphatic rings. The monoisotopic (exact) mass is 398 g/mol. The zero-order chi connectivity index (χ0) is 19.9. The third-order valence-electron chi connectivity index (χ3n) is 4.87. The molecule has 1 aliphatic carbocycles. The van der Waals surface area contributed by atoms with Crippen LogP contribution in [0.2, 0.25) is 0 Å². The zero-order valence-electron chi connectivity index (χ0n) is 14.9. The molecule has 146 valence electrons. The molecule has 0 aromatic carbocycles. The predicted octanol–water partition coefficient (Wildman–Crippen LogP) is 2.60. The van der Waals surface area contributed by atoms with Crippen molar-refractivity contribution in [3.8, 4) is 5.82 Å². The van der Waals surface area contributed by atoms with Crippen LogP contribution in [0.3, 0.4) is 0 Å². The van der Waals surface area contributed by atoms with Gasteiger partial charge in [0.25, 0.3) is 10.0 Å². The van der Waals surface area contributed by atoms with Gasteiger partial charge in [0.05, 0.1) is 12.4 Å². The number of hydrogen-bond donors (Lipinski definition) is 1. The van der Waals surface area contributed by atoms with Crippen molar-refractivity contribution in [2.45, 2.75) is 50.3 Å². The summed E-state index contributed by atoms with van der Waals surface area (Å²) in [6.07, 6.45) is 2.90. The summed E-state index contributed by atoms with van der Waals surface area (Å²) in [5.74, 6) is -3.15. The van der Waals surface area contributed by atoms with E-state index in [-0.39, 0.29) is 17.7 Å². The molecule has 2 aromatic rings. The van der Waals surface area contributed by atoms with E-state index in [0.29, 0.717) is 5.82 Å². The molecule has 0 aliphatic heterocycles. The molecule has 1 saturated carbocycles. The Labute approximate surface area is 155 Å². The summed E-state index contributed by atoms with van der Waals surface area (Å²) in [6, 6.07) is 3.52. The minimum atomic E-state index is -4.17. The molecule has 0 radical (unpaired) electrons. The van der Waals surface area contributed by atoms with Crippen LogP contribution in [0.4, 0.5) is 8.78 Å². The minimum absolute atomic E-state index is 0.0756. The number of amides is 1. The van der Waals surface area contributed by atoms with Gasteiger partial charge < -0.3 is 0 Å². The Hall–Kier alpha value is -2.36. The van der Waals surface area contributed by atoms with Crippen molar-refractivity contribution in [3.05, 3.63) is 36.3 Å². The lowest BCUT2D eigenvalue weighted by molar-refractivity contribution is -0.135. The highest BCUT2D eigenvalue weighted by Crippen LogP contribution is 2.43. The molecule has 7 nitrogen and oxygen atoms in total. The van der Waals surface area contributed by atoms with Gasteiger partial charge in [-0.3, -0.25) is 4.79 Å². The lowest BCUT2D eigenvalue weighted by Crippen LogP contribution is -2.45. The van der Waals surface area contributed by atoms with Crippen LogP contribution in [0.1, 0.15) is 38.2 Å². The van der Waals surface area contributed by atoms with Crippen LogP contribution < -0.4 is 4.72 Å². The summed E-state index contributed by atoms with van der Waals surface area (Å²) in [4.78, 5) is 16.4. The number of rotatable bonds is 4. The zero-order valence-corrected chi connectivity index (χ0v) is 15.8. The number of pyridine rings is 1. The number of alkyl halides is 2. The fourth-order valence-corrected chi connectivity index (χ4v) is 3.95. The highest BCUT2D eigenvalue weighted by molar-refractivity contribution is 7.90. The molecule has 1 amide bonds. The van der Waals surface area contributed by atoms with Gasteiger partial charge in [-0.05, 0) is 37.5 Å². The standard InChI is InChI=1S/C17H20F2N4O3S/c1-12-3-8-20-14(9-12)23-11-13(10-21-23)27(25,26)22-15(24)16(2)4-6-17(18,19)7-5-16/h3,8-11H,4-7H2,1-2H3,(H,22,24). The number of nitrogens with one attached hydrogen (secondary N) is 1. The molecule has 27 heavy (non-hydrogen) atoms. The molecule has 0 spiro atoms. The summed E-state index contributed by atoms with van der Waals surface area (Å²) in [7, 11) is -4.17. The Kier molecular flexibility index (Phi) is 4.79. The van der Waals surface area contributed by atoms with E-state index in [9.17, 15) is 22.0 Å². The smallest absolute Gasteiger partial charge is 0.267 e. The predicted molar refractivity (Wildman–Crippen MR) is 92.9 cm³/mol. The number of aryl methyl sites for hydroxylation is 1. The van der Waals surface area contributed by atoms with Gasteiger partial charge in [-0.1, -0.05) is 6.92 Å². The molecule has 0 unspecified atom stereocenters. The molecule has 3 rings (SSSR count). The first-order valence-electron chi connectivity index (χ1n) is 8.44. The van der Waals surface area contributed by atoms with Crippen molar-refractivity contribution in [2.24, 2.45) is 5.41 Å². The normalized spacial score (nSPS) is 18.8. The lowest BCUT2D eigenvalue weighted by atomic mass is 9.74. The second-order valence-corrected chi connectivity index (χ2v) is 8.85. The molecular formula is C17H20F2N4O3S. The van der Waals surface area contributed by atoms with Gasteiger partial charge in [0.15, 0.2) is 5.82 Å². The highest BCUT2D eigenvalue weighted by atomic mass is 32.2. The number of halogens is 2. The number of carbonyl (C=O) groups excluding carboxylic acids is 1. The number of aromatic nitrogens is 3. The Balaban J connectivity index is 1.76. The van der Waals surface area contributed by atoms with E-state index in [0.717, 1.165) is 11.8 Å². The van der Waals surface area contributed by atoms with Gasteiger partial charge in [0, 0.05) is 24.5 Å². The molecule has 1 fully saturated rings. The lowest BCUT2D eigenvalue weighted by Gasteiger charge is -2.35. The molecule has 0 bridgehead atoms. The maximum atomic E-state index is 13.3. The molecule has 0 atom stereocenters. The largest absolute Gasteiger partial charge is 0.273 e. The molecule has 0 saturated heterocycles. The summed E-state index contributed by atoms with van der Waals surface area (Å²) >= 11 is 0. The van der Waals surface area contributed by atoms with Crippen LogP contribution in [-0.2, 0) is 14.8 Å². The average molecular weight is 398 g/mol. The summed E-state index contributed by atoms with van der Waals surface area (Å²) in [5, 5.41) is 3.97. The third-order valence-corrected chi connectivity index (χ3v) is 6.15. The molecular weight excluding hydrogens is 378 g/mol. The topological polar surface area (TPSA) is 94.0 Å². The fraction of sp³-hybridized carbons (Fsp3) is 0.471. The van der Waals surface area contributed by atoms with Gasteiger partial charge in [-0.15, -0.1) is 0 Å². The van der Waals surface area contributed by atoms with Crippen LogP contribution in [0.5, 0.6) is 0 Å². The van der Waals surface area contributed by atoms with E-state index in [2.05, 4.69) is 10.1 Å². The van der Waals surface area contributed by atoms with E-state index in [1.54, 1.807) is 18.3 Å². The van der Waals surface area contributed by atoms with Crippen LogP contribution in [0.25, 0.3) is 5.82 Å². The average Bonchev–Trinajstić information content (AvgIpc) is 3.08. The van der Waals surface area contributed by atoms with Gasteiger partial charge in [0.2, 0.25) is 11.8 Å². The maximum Gasteiger partial charge on any atom is 0.267 e. The highest BCUT2D eigenvalue weighted by Gasteiger charge is 2.45. The second kappa shape index (κ2) is 6.66. The molecule has 1 N–H and O–H groups in total. The minimum Gasteiger partial charge on any atom is -0.273 e. The van der Waals surface area contributed by atoms with Crippen molar-refractivity contribution in [1.82, 2.24) is 19.5 Å². The molecule has 2 aromatic heterocycles. The molecule has 10 heteroatoms. The van der Waals surface area contributed by atoms with Gasteiger partial charge in [-0.2, -0.15) is 5.10 Å². The summed E-state index contributed by atoms with van der Waals surface area (Å²) in [6.45, 7) is 3.37. The Morgan fingerprint density at radius 3 is 2.56 bits per heavy atom. The quantitative estimate of drug-likeness (QED) is 0.854. The van der Waals surface area contributed by atoms with Gasteiger partial charge >= 0.3 is 0 Å². The van der Waals surface area contributed by atoms with Crippen LogP contribution >= 0.6 is 0 Å². The Bertz CT molecular complexity index is 962. The Morgan fingerprint density at radius 1 is 1.26 bits per heavy atom. The second-order valence-electron chi connectivity index (χ2n) is 7.16. The van der Waals surface area contributed by atoms with Crippen molar-refractivity contribution in [3.63, 3.8) is 0 Å². The van der Waals surface area contributed by atoms with Crippen molar-refractivity contribution < 1.29 is 22.0 Å². The van der Waals surface area contributed by atoms with E-state index in [4.69, 9.17) is 0 Å². The first-order chi connectivity index (χ1) is 12.5. The number of hydrogen-bond acceptors (Lipinski definition) is 5. The first-order valence-corrected chi connectivity index (χ1v) is 9.92. The van der Waals surface area contributed by atoms with E-state index < -0.39 is 40.1 Å². The van der Waals surface area contributed by atoms with Crippen LogP contribution in [0, 0.1) is 12.3 Å². The number of nitrogens with zero attached hydrogens (tertiary/aromatic N) is 3. The van der Waals surface area contributed by atoms with Crippen molar-refractivity contribution in [1.29, 1.82) is 0 Å². The number of sulfonamides is 1. The van der Waals surface area contributed by atoms with Crippen molar-refractivity contribution >= 4 is 15.9 Å². The van der Waals surface area contributed by atoms with Crippen LogP contribution in [-0.4, -0.2) is 35.0 Å². The third kappa shape index (κ3) is 4.15. The molecule has 2 heterocycles. The maximum absolute atomic E-state index is 13.3. The first kappa shape index (κ1) is 19.4. The summed E-state index contributed by atoms with van der Waals surface area (Å²) < 4.78 is 55.0. The van der Waals surface area contributed by atoms with Gasteiger partial charge in [0.1, 0.15) is 4.90 Å². The summed E-state index contributed by atoms with van der Waals surface area (Å²) in [5.41, 5.74) is -0.224. The van der Waals surface area contributed by atoms with Crippen molar-refractivity contribution in [2.75, 3.05) is 0 Å². The SMILES string of the molecule is Cc1ccnc(-n2cc(S(=O)(=O)NC(=O)C3(C)CCC(F)(F)CC3)cn2)c1. The Morgan fingerprint density at radius 2 is 1.93 bits per heavy atom. The van der Waals surface area contributed by atoms with E-state index in [1.165, 1.54) is 17.8 Å². The number of carbonyl (C=O) groups is 1. The van der Waals surface area contributed by atoms with Crippen LogP contribution in [0.15, 0.2) is 35.6 Å². The van der Waals surface area contributed by atoms with E-state index in [1.807, 2.05) is 11.6 Å². The van der Waals surface area contributed by atoms with E-state index >= 15 is 0 Å². The fourth-order valence-electron chi connectivity index (χ4n) is 2.91.